The Balaban J connectivity index is 1.97. The molecule has 1 aromatic carbocycles. The summed E-state index contributed by atoms with van der Waals surface area (Å²) in [6.45, 7) is 0.804. The van der Waals surface area contributed by atoms with Gasteiger partial charge >= 0.3 is 6.18 Å². The average Bonchev–Trinajstić information content (AvgIpc) is 2.94. The average molecular weight is 297 g/mol. The van der Waals surface area contributed by atoms with Crippen LogP contribution in [0.3, 0.4) is 0 Å². The van der Waals surface area contributed by atoms with Gasteiger partial charge in [-0.15, -0.1) is 0 Å². The number of aldehydes is 1. The molecule has 2 fully saturated rings. The molecule has 1 heterocycles. The van der Waals surface area contributed by atoms with Crippen LogP contribution in [-0.2, 0) is 6.18 Å². The Morgan fingerprint density at radius 1 is 1.14 bits per heavy atom. The van der Waals surface area contributed by atoms with E-state index in [0.717, 1.165) is 31.9 Å². The van der Waals surface area contributed by atoms with Crippen LogP contribution in [0.2, 0.25) is 0 Å². The van der Waals surface area contributed by atoms with Crippen molar-refractivity contribution in [3.05, 3.63) is 29.3 Å². The molecule has 21 heavy (non-hydrogen) atoms. The highest BCUT2D eigenvalue weighted by Crippen LogP contribution is 2.41. The molecule has 0 radical (unpaired) electrons. The Morgan fingerprint density at radius 3 is 2.62 bits per heavy atom. The van der Waals surface area contributed by atoms with E-state index in [1.807, 2.05) is 0 Å². The van der Waals surface area contributed by atoms with Crippen LogP contribution in [0.15, 0.2) is 18.2 Å². The second-order valence-electron chi connectivity index (χ2n) is 5.98. The predicted octanol–water partition coefficient (Wildman–Crippen LogP) is 4.29. The van der Waals surface area contributed by atoms with Crippen LogP contribution >= 0.6 is 0 Å². The number of anilines is 1. The largest absolute Gasteiger partial charge is 0.417 e. The zero-order valence-corrected chi connectivity index (χ0v) is 11.7. The number of nitrogens with zero attached hydrogens (tertiary/aromatic N) is 1. The first-order chi connectivity index (χ1) is 10.0. The highest BCUT2D eigenvalue weighted by atomic mass is 19.4. The molecule has 114 valence electrons. The zero-order valence-electron chi connectivity index (χ0n) is 11.7. The molecule has 0 amide bonds. The molecular formula is C16H18F3NO. The number of hydrogen-bond acceptors (Lipinski definition) is 2. The van der Waals surface area contributed by atoms with Crippen molar-refractivity contribution in [2.45, 2.75) is 44.3 Å². The fourth-order valence-electron chi connectivity index (χ4n) is 3.85. The van der Waals surface area contributed by atoms with Gasteiger partial charge in [0.2, 0.25) is 0 Å². The van der Waals surface area contributed by atoms with Gasteiger partial charge in [-0.1, -0.05) is 6.42 Å². The molecule has 1 saturated carbocycles. The lowest BCUT2D eigenvalue weighted by molar-refractivity contribution is -0.137. The van der Waals surface area contributed by atoms with Gasteiger partial charge in [-0.3, -0.25) is 4.79 Å². The molecule has 1 aromatic rings. The van der Waals surface area contributed by atoms with Crippen LogP contribution in [0.5, 0.6) is 0 Å². The van der Waals surface area contributed by atoms with E-state index in [4.69, 9.17) is 0 Å². The molecular weight excluding hydrogens is 279 g/mol. The topological polar surface area (TPSA) is 20.3 Å². The van der Waals surface area contributed by atoms with Crippen molar-refractivity contribution in [2.75, 3.05) is 11.4 Å². The molecule has 1 aliphatic heterocycles. The first-order valence-electron chi connectivity index (χ1n) is 7.44. The third kappa shape index (κ3) is 2.65. The number of alkyl halides is 3. The fraction of sp³-hybridized carbons (Fsp3) is 0.562. The van der Waals surface area contributed by atoms with Gasteiger partial charge in [-0.05, 0) is 49.8 Å². The molecule has 1 aliphatic carbocycles. The summed E-state index contributed by atoms with van der Waals surface area (Å²) < 4.78 is 39.2. The summed E-state index contributed by atoms with van der Waals surface area (Å²) in [6.07, 6.45) is 1.39. The van der Waals surface area contributed by atoms with Gasteiger partial charge in [-0.25, -0.2) is 0 Å². The number of rotatable bonds is 2. The Kier molecular flexibility index (Phi) is 3.68. The van der Waals surface area contributed by atoms with E-state index in [1.165, 1.54) is 18.9 Å². The van der Waals surface area contributed by atoms with E-state index in [9.17, 15) is 18.0 Å². The highest BCUT2D eigenvalue weighted by molar-refractivity contribution is 5.79. The van der Waals surface area contributed by atoms with Crippen molar-refractivity contribution < 1.29 is 18.0 Å². The van der Waals surface area contributed by atoms with Crippen LogP contribution in [0, 0.1) is 5.92 Å². The highest BCUT2D eigenvalue weighted by Gasteiger charge is 2.37. The van der Waals surface area contributed by atoms with Crippen molar-refractivity contribution in [1.82, 2.24) is 0 Å². The van der Waals surface area contributed by atoms with Gasteiger partial charge in [0.1, 0.15) is 0 Å². The minimum absolute atomic E-state index is 0.279. The smallest absolute Gasteiger partial charge is 0.368 e. The standard InChI is InChI=1S/C16H18F3NO/c17-16(18,19)14-9-13(7-6-12(14)10-21)20-8-2-4-11-3-1-5-15(11)20/h6-7,9-11,15H,1-5,8H2. The number of fused-ring (bicyclic) bond motifs is 1. The third-order valence-electron chi connectivity index (χ3n) is 4.79. The van der Waals surface area contributed by atoms with Crippen molar-refractivity contribution in [2.24, 2.45) is 5.92 Å². The number of piperidine rings is 1. The van der Waals surface area contributed by atoms with Crippen molar-refractivity contribution >= 4 is 12.0 Å². The second kappa shape index (κ2) is 5.35. The van der Waals surface area contributed by atoms with E-state index >= 15 is 0 Å². The number of carbonyl (C=O) groups is 1. The molecule has 1 saturated heterocycles. The fourth-order valence-corrected chi connectivity index (χ4v) is 3.85. The van der Waals surface area contributed by atoms with E-state index in [-0.39, 0.29) is 11.8 Å². The van der Waals surface area contributed by atoms with Crippen molar-refractivity contribution in [3.8, 4) is 0 Å². The summed E-state index contributed by atoms with van der Waals surface area (Å²) >= 11 is 0. The third-order valence-corrected chi connectivity index (χ3v) is 4.79. The van der Waals surface area contributed by atoms with Crippen LogP contribution in [0.4, 0.5) is 18.9 Å². The van der Waals surface area contributed by atoms with E-state index < -0.39 is 11.7 Å². The van der Waals surface area contributed by atoms with Gasteiger partial charge in [0.15, 0.2) is 6.29 Å². The summed E-state index contributed by atoms with van der Waals surface area (Å²) in [5.74, 6) is 0.610. The molecule has 2 nitrogen and oxygen atoms in total. The minimum atomic E-state index is -4.49. The number of halogens is 3. The van der Waals surface area contributed by atoms with E-state index in [1.54, 1.807) is 6.07 Å². The van der Waals surface area contributed by atoms with Gasteiger partial charge in [0.25, 0.3) is 0 Å². The van der Waals surface area contributed by atoms with Crippen molar-refractivity contribution in [1.29, 1.82) is 0 Å². The SMILES string of the molecule is O=Cc1ccc(N2CCCC3CCCC32)cc1C(F)(F)F. The molecule has 2 atom stereocenters. The Bertz CT molecular complexity index is 541. The molecule has 0 aromatic heterocycles. The molecule has 3 rings (SSSR count). The Morgan fingerprint density at radius 2 is 1.90 bits per heavy atom. The number of carbonyl (C=O) groups excluding carboxylic acids is 1. The summed E-state index contributed by atoms with van der Waals surface area (Å²) in [5, 5.41) is 0. The normalized spacial score (nSPS) is 25.8. The van der Waals surface area contributed by atoms with Gasteiger partial charge < -0.3 is 4.90 Å². The lowest BCUT2D eigenvalue weighted by Crippen LogP contribution is -2.42. The van der Waals surface area contributed by atoms with Crippen molar-refractivity contribution in [3.63, 3.8) is 0 Å². The summed E-state index contributed by atoms with van der Waals surface area (Å²) in [4.78, 5) is 12.9. The second-order valence-corrected chi connectivity index (χ2v) is 5.98. The van der Waals surface area contributed by atoms with Crippen LogP contribution in [-0.4, -0.2) is 18.9 Å². The van der Waals surface area contributed by atoms with Gasteiger partial charge in [-0.2, -0.15) is 13.2 Å². The minimum Gasteiger partial charge on any atom is -0.368 e. The maximum atomic E-state index is 13.1. The first-order valence-corrected chi connectivity index (χ1v) is 7.44. The Hall–Kier alpha value is -1.52. The summed E-state index contributed by atoms with van der Waals surface area (Å²) in [7, 11) is 0. The zero-order chi connectivity index (χ0) is 15.0. The van der Waals surface area contributed by atoms with E-state index in [2.05, 4.69) is 4.90 Å². The Labute approximate surface area is 121 Å². The maximum Gasteiger partial charge on any atom is 0.417 e. The summed E-state index contributed by atoms with van der Waals surface area (Å²) in [6, 6.07) is 4.45. The van der Waals surface area contributed by atoms with Crippen LogP contribution < -0.4 is 4.90 Å². The monoisotopic (exact) mass is 297 g/mol. The van der Waals surface area contributed by atoms with E-state index in [0.29, 0.717) is 17.6 Å². The quantitative estimate of drug-likeness (QED) is 0.759. The maximum absolute atomic E-state index is 13.1. The first kappa shape index (κ1) is 14.4. The van der Waals surface area contributed by atoms with Crippen LogP contribution in [0.25, 0.3) is 0 Å². The molecule has 0 spiro atoms. The molecule has 2 unspecified atom stereocenters. The predicted molar refractivity (Wildman–Crippen MR) is 74.5 cm³/mol. The lowest BCUT2D eigenvalue weighted by Gasteiger charge is -2.39. The van der Waals surface area contributed by atoms with Gasteiger partial charge in [0.05, 0.1) is 5.56 Å². The summed E-state index contributed by atoms with van der Waals surface area (Å²) in [5.41, 5.74) is -0.508. The lowest BCUT2D eigenvalue weighted by atomic mass is 9.91. The van der Waals surface area contributed by atoms with Gasteiger partial charge in [0, 0.05) is 23.8 Å². The molecule has 5 heteroatoms. The molecule has 0 N–H and O–H groups in total. The molecule has 2 aliphatic rings. The number of benzene rings is 1. The number of hydrogen-bond donors (Lipinski definition) is 0. The van der Waals surface area contributed by atoms with Crippen LogP contribution in [0.1, 0.15) is 48.0 Å². The molecule has 0 bridgehead atoms.